The Morgan fingerprint density at radius 3 is 2.60 bits per heavy atom. The SMILES string of the molecule is O=CCCONC(=O)c1ccc(F)c(F)c1Nc1ccc(I)cc1F. The highest BCUT2D eigenvalue weighted by atomic mass is 127. The van der Waals surface area contributed by atoms with Crippen LogP contribution < -0.4 is 10.8 Å². The maximum atomic E-state index is 14.1. The summed E-state index contributed by atoms with van der Waals surface area (Å²) in [6.07, 6.45) is 0.646. The third-order valence-corrected chi connectivity index (χ3v) is 3.70. The molecule has 1 amide bonds. The summed E-state index contributed by atoms with van der Waals surface area (Å²) < 4.78 is 42.2. The van der Waals surface area contributed by atoms with Crippen molar-refractivity contribution in [1.29, 1.82) is 0 Å². The fraction of sp³-hybridized carbons (Fsp3) is 0.125. The van der Waals surface area contributed by atoms with Crippen LogP contribution in [0.3, 0.4) is 0 Å². The lowest BCUT2D eigenvalue weighted by Crippen LogP contribution is -2.25. The number of aldehydes is 1. The van der Waals surface area contributed by atoms with Crippen LogP contribution in [0.15, 0.2) is 30.3 Å². The van der Waals surface area contributed by atoms with Crippen molar-refractivity contribution in [1.82, 2.24) is 5.48 Å². The third kappa shape index (κ3) is 4.92. The molecule has 0 aromatic heterocycles. The number of hydrogen-bond donors (Lipinski definition) is 2. The van der Waals surface area contributed by atoms with Crippen molar-refractivity contribution in [2.75, 3.05) is 11.9 Å². The molecule has 132 valence electrons. The second kappa shape index (κ2) is 8.81. The molecule has 2 N–H and O–H groups in total. The van der Waals surface area contributed by atoms with Crippen LogP contribution in [0.5, 0.6) is 0 Å². The summed E-state index contributed by atoms with van der Waals surface area (Å²) in [6.45, 7) is -0.0760. The van der Waals surface area contributed by atoms with Crippen molar-refractivity contribution in [3.63, 3.8) is 0 Å². The molecule has 0 atom stereocenters. The minimum Gasteiger partial charge on any atom is -0.350 e. The van der Waals surface area contributed by atoms with Gasteiger partial charge in [0.15, 0.2) is 11.6 Å². The van der Waals surface area contributed by atoms with Crippen LogP contribution >= 0.6 is 22.6 Å². The van der Waals surface area contributed by atoms with Gasteiger partial charge >= 0.3 is 0 Å². The Balaban J connectivity index is 2.30. The van der Waals surface area contributed by atoms with Crippen LogP contribution in [0.1, 0.15) is 16.8 Å². The van der Waals surface area contributed by atoms with Crippen LogP contribution in [-0.4, -0.2) is 18.8 Å². The highest BCUT2D eigenvalue weighted by Crippen LogP contribution is 2.28. The van der Waals surface area contributed by atoms with Gasteiger partial charge in [0, 0.05) is 9.99 Å². The van der Waals surface area contributed by atoms with E-state index in [2.05, 4.69) is 5.32 Å². The van der Waals surface area contributed by atoms with E-state index in [0.29, 0.717) is 9.86 Å². The van der Waals surface area contributed by atoms with Crippen LogP contribution in [0.4, 0.5) is 24.5 Å². The van der Waals surface area contributed by atoms with Gasteiger partial charge in [-0.3, -0.25) is 9.63 Å². The molecule has 0 aliphatic heterocycles. The lowest BCUT2D eigenvalue weighted by molar-refractivity contribution is -0.109. The van der Waals surface area contributed by atoms with Gasteiger partial charge < -0.3 is 10.1 Å². The summed E-state index contributed by atoms with van der Waals surface area (Å²) in [4.78, 5) is 27.0. The van der Waals surface area contributed by atoms with Gasteiger partial charge in [0.2, 0.25) is 0 Å². The maximum absolute atomic E-state index is 14.1. The molecule has 0 bridgehead atoms. The Morgan fingerprint density at radius 2 is 1.92 bits per heavy atom. The van der Waals surface area contributed by atoms with Crippen LogP contribution in [0, 0.1) is 21.0 Å². The van der Waals surface area contributed by atoms with Gasteiger partial charge in [-0.15, -0.1) is 0 Å². The van der Waals surface area contributed by atoms with Gasteiger partial charge in [0.05, 0.1) is 23.5 Å². The van der Waals surface area contributed by atoms with E-state index in [1.165, 1.54) is 12.1 Å². The van der Waals surface area contributed by atoms with E-state index in [1.807, 2.05) is 28.1 Å². The van der Waals surface area contributed by atoms with Gasteiger partial charge in [-0.1, -0.05) is 0 Å². The largest absolute Gasteiger partial charge is 0.350 e. The molecule has 0 saturated heterocycles. The first kappa shape index (κ1) is 19.2. The minimum absolute atomic E-state index is 0.0526. The second-order valence-corrected chi connectivity index (χ2v) is 6.01. The second-order valence-electron chi connectivity index (χ2n) is 4.77. The fourth-order valence-corrected chi connectivity index (χ4v) is 2.32. The number of rotatable bonds is 7. The van der Waals surface area contributed by atoms with Crippen molar-refractivity contribution < 1.29 is 27.6 Å². The number of benzene rings is 2. The molecule has 9 heteroatoms. The van der Waals surface area contributed by atoms with Gasteiger partial charge in [-0.05, 0) is 52.9 Å². The van der Waals surface area contributed by atoms with Gasteiger partial charge in [0.1, 0.15) is 12.1 Å². The number of hydroxylamine groups is 1. The van der Waals surface area contributed by atoms with Crippen LogP contribution in [0.2, 0.25) is 0 Å². The molecule has 0 fully saturated rings. The van der Waals surface area contributed by atoms with Crippen molar-refractivity contribution in [3.8, 4) is 0 Å². The number of anilines is 2. The average molecular weight is 464 g/mol. The molecule has 0 aliphatic carbocycles. The molecule has 0 heterocycles. The van der Waals surface area contributed by atoms with E-state index in [9.17, 15) is 22.8 Å². The molecule has 5 nitrogen and oxygen atoms in total. The van der Waals surface area contributed by atoms with E-state index in [4.69, 9.17) is 4.84 Å². The first-order valence-corrected chi connectivity index (χ1v) is 8.07. The Bertz CT molecular complexity index is 802. The fourth-order valence-electron chi connectivity index (χ4n) is 1.87. The van der Waals surface area contributed by atoms with Crippen molar-refractivity contribution in [2.45, 2.75) is 6.42 Å². The molecular formula is C16H12F3IN2O3. The van der Waals surface area contributed by atoms with E-state index >= 15 is 0 Å². The van der Waals surface area contributed by atoms with Gasteiger partial charge in [0.25, 0.3) is 5.91 Å². The number of hydrogen-bond acceptors (Lipinski definition) is 4. The minimum atomic E-state index is -1.33. The molecule has 0 unspecified atom stereocenters. The van der Waals surface area contributed by atoms with Crippen LogP contribution in [0.25, 0.3) is 0 Å². The molecular weight excluding hydrogens is 452 g/mol. The van der Waals surface area contributed by atoms with Crippen LogP contribution in [-0.2, 0) is 9.63 Å². The molecule has 2 aromatic carbocycles. The lowest BCUT2D eigenvalue weighted by Gasteiger charge is -2.14. The first-order valence-electron chi connectivity index (χ1n) is 7.00. The lowest BCUT2D eigenvalue weighted by atomic mass is 10.1. The van der Waals surface area contributed by atoms with E-state index in [-0.39, 0.29) is 24.3 Å². The monoisotopic (exact) mass is 464 g/mol. The van der Waals surface area contributed by atoms with Crippen molar-refractivity contribution >= 4 is 46.2 Å². The normalized spacial score (nSPS) is 10.4. The predicted octanol–water partition coefficient (Wildman–Crippen LogP) is 3.70. The average Bonchev–Trinajstić information content (AvgIpc) is 2.58. The highest BCUT2D eigenvalue weighted by Gasteiger charge is 2.20. The zero-order valence-electron chi connectivity index (χ0n) is 12.6. The summed E-state index contributed by atoms with van der Waals surface area (Å²) in [5.74, 6) is -4.10. The Morgan fingerprint density at radius 1 is 1.16 bits per heavy atom. The number of carbonyl (C=O) groups is 2. The molecule has 0 spiro atoms. The summed E-state index contributed by atoms with van der Waals surface area (Å²) in [5, 5.41) is 2.39. The smallest absolute Gasteiger partial charge is 0.277 e. The van der Waals surface area contributed by atoms with Crippen molar-refractivity contribution in [3.05, 3.63) is 56.9 Å². The van der Waals surface area contributed by atoms with Gasteiger partial charge in [-0.25, -0.2) is 18.7 Å². The van der Waals surface area contributed by atoms with Gasteiger partial charge in [-0.2, -0.15) is 0 Å². The zero-order chi connectivity index (χ0) is 18.4. The number of nitrogens with one attached hydrogen (secondary N) is 2. The zero-order valence-corrected chi connectivity index (χ0v) is 14.8. The number of amides is 1. The topological polar surface area (TPSA) is 67.4 Å². The van der Waals surface area contributed by atoms with E-state index in [1.54, 1.807) is 6.07 Å². The molecule has 25 heavy (non-hydrogen) atoms. The summed E-state index contributed by atoms with van der Waals surface area (Å²) in [6, 6.07) is 5.90. The van der Waals surface area contributed by atoms with E-state index in [0.717, 1.165) is 12.1 Å². The number of halogens is 4. The third-order valence-electron chi connectivity index (χ3n) is 3.03. The Hall–Kier alpha value is -2.14. The molecule has 2 aromatic rings. The maximum Gasteiger partial charge on any atom is 0.277 e. The van der Waals surface area contributed by atoms with Crippen molar-refractivity contribution in [2.24, 2.45) is 0 Å². The first-order chi connectivity index (χ1) is 11.9. The highest BCUT2D eigenvalue weighted by molar-refractivity contribution is 14.1. The molecule has 2 rings (SSSR count). The Labute approximate surface area is 154 Å². The number of carbonyl (C=O) groups excluding carboxylic acids is 2. The molecule has 0 radical (unpaired) electrons. The quantitative estimate of drug-likeness (QED) is 0.284. The molecule has 0 aliphatic rings. The Kier molecular flexibility index (Phi) is 6.76. The standard InChI is InChI=1S/C16H12F3IN2O3/c17-11-4-3-10(16(24)22-25-7-1-6-23)15(14(11)19)21-13-5-2-9(20)8-12(13)18/h2-6,8,21H,1,7H2,(H,22,24). The summed E-state index contributed by atoms with van der Waals surface area (Å²) in [7, 11) is 0. The van der Waals surface area contributed by atoms with E-state index < -0.39 is 29.0 Å². The predicted molar refractivity (Wildman–Crippen MR) is 92.9 cm³/mol. The molecule has 0 saturated carbocycles. The summed E-state index contributed by atoms with van der Waals surface area (Å²) >= 11 is 1.90. The summed E-state index contributed by atoms with van der Waals surface area (Å²) in [5.41, 5.74) is 1.06.